The molecule has 2 aliphatic rings. The standard InChI is InChI=1S/C27H37N5O3/c1-20-23(26(28)34)16-24(32(20)18-22-10-6-3-7-11-22)25(33)19-30-12-14-31(15-13-30)27(35)29-17-21-8-4-2-5-9-21/h2,4-5,8-9,16,22H,3,6-7,10-15,17-19H2,1H3,(H2,28,34)(H,29,35). The van der Waals surface area contributed by atoms with Crippen LogP contribution in [0, 0.1) is 12.8 Å². The van der Waals surface area contributed by atoms with E-state index in [0.717, 1.165) is 30.6 Å². The van der Waals surface area contributed by atoms with Gasteiger partial charge in [0.25, 0.3) is 5.91 Å². The fourth-order valence-corrected chi connectivity index (χ4v) is 5.27. The third-order valence-electron chi connectivity index (χ3n) is 7.40. The van der Waals surface area contributed by atoms with Crippen LogP contribution in [0.4, 0.5) is 4.79 Å². The molecule has 1 saturated heterocycles. The number of carbonyl (C=O) groups excluding carboxylic acids is 3. The molecule has 0 unspecified atom stereocenters. The van der Waals surface area contributed by atoms with Crippen molar-refractivity contribution >= 4 is 17.7 Å². The highest BCUT2D eigenvalue weighted by Gasteiger charge is 2.27. The molecule has 2 aromatic rings. The van der Waals surface area contributed by atoms with Crippen molar-refractivity contribution in [1.29, 1.82) is 0 Å². The number of primary amides is 1. The van der Waals surface area contributed by atoms with Crippen molar-refractivity contribution in [2.24, 2.45) is 11.7 Å². The zero-order valence-corrected chi connectivity index (χ0v) is 20.7. The second kappa shape index (κ2) is 11.5. The van der Waals surface area contributed by atoms with Crippen molar-refractivity contribution in [3.8, 4) is 0 Å². The maximum Gasteiger partial charge on any atom is 0.317 e. The Bertz CT molecular complexity index is 1030. The molecule has 1 aromatic heterocycles. The molecule has 0 radical (unpaired) electrons. The molecular formula is C27H37N5O3. The number of hydrogen-bond acceptors (Lipinski definition) is 4. The lowest BCUT2D eigenvalue weighted by molar-refractivity contribution is 0.0867. The van der Waals surface area contributed by atoms with Gasteiger partial charge in [-0.3, -0.25) is 14.5 Å². The topological polar surface area (TPSA) is 101 Å². The van der Waals surface area contributed by atoms with E-state index in [1.165, 1.54) is 19.3 Å². The van der Waals surface area contributed by atoms with Gasteiger partial charge in [0.15, 0.2) is 5.78 Å². The first-order valence-corrected chi connectivity index (χ1v) is 12.7. The summed E-state index contributed by atoms with van der Waals surface area (Å²) < 4.78 is 2.02. The van der Waals surface area contributed by atoms with Gasteiger partial charge < -0.3 is 20.5 Å². The normalized spacial score (nSPS) is 17.3. The monoisotopic (exact) mass is 479 g/mol. The fourth-order valence-electron chi connectivity index (χ4n) is 5.27. The van der Waals surface area contributed by atoms with E-state index in [4.69, 9.17) is 5.73 Å². The number of ketones is 1. The Kier molecular flexibility index (Phi) is 8.23. The van der Waals surface area contributed by atoms with E-state index in [-0.39, 0.29) is 18.4 Å². The van der Waals surface area contributed by atoms with Crippen LogP contribution in [-0.2, 0) is 13.1 Å². The maximum absolute atomic E-state index is 13.3. The van der Waals surface area contributed by atoms with Crippen LogP contribution >= 0.6 is 0 Å². The maximum atomic E-state index is 13.3. The first-order chi connectivity index (χ1) is 16.9. The number of urea groups is 1. The van der Waals surface area contributed by atoms with Crippen LogP contribution in [0.15, 0.2) is 36.4 Å². The van der Waals surface area contributed by atoms with E-state index >= 15 is 0 Å². The second-order valence-corrected chi connectivity index (χ2v) is 9.84. The number of amides is 3. The second-order valence-electron chi connectivity index (χ2n) is 9.84. The number of piperazine rings is 1. The Morgan fingerprint density at radius 3 is 2.34 bits per heavy atom. The van der Waals surface area contributed by atoms with Gasteiger partial charge in [0, 0.05) is 45.0 Å². The fraction of sp³-hybridized carbons (Fsp3) is 0.519. The van der Waals surface area contributed by atoms with Crippen LogP contribution in [0.25, 0.3) is 0 Å². The minimum atomic E-state index is -0.492. The Morgan fingerprint density at radius 2 is 1.69 bits per heavy atom. The Morgan fingerprint density at radius 1 is 1.00 bits per heavy atom. The number of hydrogen-bond donors (Lipinski definition) is 2. The third kappa shape index (κ3) is 6.31. The molecule has 1 aromatic carbocycles. The quantitative estimate of drug-likeness (QED) is 0.568. The van der Waals surface area contributed by atoms with Gasteiger partial charge >= 0.3 is 6.03 Å². The molecule has 4 rings (SSSR count). The van der Waals surface area contributed by atoms with Crippen LogP contribution in [0.3, 0.4) is 0 Å². The summed E-state index contributed by atoms with van der Waals surface area (Å²) in [4.78, 5) is 41.7. The highest BCUT2D eigenvalue weighted by atomic mass is 16.2. The molecule has 2 heterocycles. The summed E-state index contributed by atoms with van der Waals surface area (Å²) in [5, 5.41) is 2.97. The summed E-state index contributed by atoms with van der Waals surface area (Å²) in [5.41, 5.74) is 8.46. The average molecular weight is 480 g/mol. The highest BCUT2D eigenvalue weighted by molar-refractivity contribution is 6.01. The van der Waals surface area contributed by atoms with Crippen molar-refractivity contribution < 1.29 is 14.4 Å². The predicted octanol–water partition coefficient (Wildman–Crippen LogP) is 3.19. The molecule has 8 nitrogen and oxygen atoms in total. The molecule has 2 fully saturated rings. The van der Waals surface area contributed by atoms with E-state index in [2.05, 4.69) is 10.2 Å². The molecule has 1 aliphatic carbocycles. The molecular weight excluding hydrogens is 442 g/mol. The molecule has 3 amide bonds. The Hall–Kier alpha value is -3.13. The van der Waals surface area contributed by atoms with Crippen LogP contribution in [0.2, 0.25) is 0 Å². The summed E-state index contributed by atoms with van der Waals surface area (Å²) in [6, 6.07) is 11.4. The summed E-state index contributed by atoms with van der Waals surface area (Å²) >= 11 is 0. The van der Waals surface area contributed by atoms with E-state index in [9.17, 15) is 14.4 Å². The predicted molar refractivity (Wildman–Crippen MR) is 135 cm³/mol. The summed E-state index contributed by atoms with van der Waals surface area (Å²) in [6.45, 7) is 5.82. The van der Waals surface area contributed by atoms with Crippen molar-refractivity contribution in [2.75, 3.05) is 32.7 Å². The number of rotatable bonds is 8. The number of benzene rings is 1. The van der Waals surface area contributed by atoms with Gasteiger partial charge in [-0.2, -0.15) is 0 Å². The SMILES string of the molecule is Cc1c(C(N)=O)cc(C(=O)CN2CCN(C(=O)NCc3ccccc3)CC2)n1CC1CCCCC1. The molecule has 0 spiro atoms. The van der Waals surface area contributed by atoms with Crippen molar-refractivity contribution in [1.82, 2.24) is 19.7 Å². The van der Waals surface area contributed by atoms with Gasteiger partial charge in [0.1, 0.15) is 0 Å². The molecule has 8 heteroatoms. The van der Waals surface area contributed by atoms with Crippen molar-refractivity contribution in [3.05, 3.63) is 58.9 Å². The van der Waals surface area contributed by atoms with E-state index in [0.29, 0.717) is 49.9 Å². The lowest BCUT2D eigenvalue weighted by atomic mass is 9.89. The average Bonchev–Trinajstić information content (AvgIpc) is 3.20. The minimum Gasteiger partial charge on any atom is -0.366 e. The Labute approximate surface area is 207 Å². The van der Waals surface area contributed by atoms with Crippen molar-refractivity contribution in [3.63, 3.8) is 0 Å². The highest BCUT2D eigenvalue weighted by Crippen LogP contribution is 2.27. The molecule has 188 valence electrons. The summed E-state index contributed by atoms with van der Waals surface area (Å²) in [7, 11) is 0. The van der Waals surface area contributed by atoms with Crippen LogP contribution in [0.1, 0.15) is 64.2 Å². The summed E-state index contributed by atoms with van der Waals surface area (Å²) in [6.07, 6.45) is 6.03. The zero-order chi connectivity index (χ0) is 24.8. The molecule has 1 saturated carbocycles. The number of carbonyl (C=O) groups is 3. The van der Waals surface area contributed by atoms with E-state index in [1.807, 2.05) is 41.8 Å². The van der Waals surface area contributed by atoms with E-state index < -0.39 is 5.91 Å². The lowest BCUT2D eigenvalue weighted by Crippen LogP contribution is -2.52. The van der Waals surface area contributed by atoms with Crippen LogP contribution < -0.4 is 11.1 Å². The largest absolute Gasteiger partial charge is 0.366 e. The first-order valence-electron chi connectivity index (χ1n) is 12.7. The van der Waals surface area contributed by atoms with Gasteiger partial charge in [-0.15, -0.1) is 0 Å². The zero-order valence-electron chi connectivity index (χ0n) is 20.7. The number of nitrogens with one attached hydrogen (secondary N) is 1. The summed E-state index contributed by atoms with van der Waals surface area (Å²) in [5.74, 6) is 0.0348. The Balaban J connectivity index is 1.33. The van der Waals surface area contributed by atoms with Gasteiger partial charge in [-0.05, 0) is 37.3 Å². The molecule has 3 N–H and O–H groups in total. The number of aromatic nitrogens is 1. The number of nitrogens with two attached hydrogens (primary N) is 1. The number of Topliss-reactive ketones (excluding diaryl/α,β-unsaturated/α-hetero) is 1. The molecule has 0 bridgehead atoms. The van der Waals surface area contributed by atoms with Gasteiger partial charge in [-0.1, -0.05) is 49.6 Å². The molecule has 1 aliphatic heterocycles. The first kappa shape index (κ1) is 25.0. The van der Waals surface area contributed by atoms with Crippen LogP contribution in [-0.4, -0.2) is 64.8 Å². The smallest absolute Gasteiger partial charge is 0.317 e. The van der Waals surface area contributed by atoms with Gasteiger partial charge in [0.05, 0.1) is 17.8 Å². The number of nitrogens with zero attached hydrogens (tertiary/aromatic N) is 3. The lowest BCUT2D eigenvalue weighted by Gasteiger charge is -2.34. The minimum absolute atomic E-state index is 0.00149. The van der Waals surface area contributed by atoms with Crippen molar-refractivity contribution in [2.45, 2.75) is 52.1 Å². The van der Waals surface area contributed by atoms with E-state index in [1.54, 1.807) is 11.0 Å². The van der Waals surface area contributed by atoms with Gasteiger partial charge in [0.2, 0.25) is 0 Å². The molecule has 35 heavy (non-hydrogen) atoms. The molecule has 0 atom stereocenters. The van der Waals surface area contributed by atoms with Crippen LogP contribution in [0.5, 0.6) is 0 Å². The van der Waals surface area contributed by atoms with Gasteiger partial charge in [-0.25, -0.2) is 4.79 Å². The third-order valence-corrected chi connectivity index (χ3v) is 7.40.